The SMILES string of the molecule is COC(=O)C1Cc2sc(Br)cc2CN1. The van der Waals surface area contributed by atoms with E-state index >= 15 is 0 Å². The molecule has 0 amide bonds. The molecule has 0 bridgehead atoms. The van der Waals surface area contributed by atoms with Gasteiger partial charge in [-0.2, -0.15) is 0 Å². The number of halogens is 1. The summed E-state index contributed by atoms with van der Waals surface area (Å²) in [6.07, 6.45) is 0.734. The lowest BCUT2D eigenvalue weighted by Gasteiger charge is -2.21. The highest BCUT2D eigenvalue weighted by atomic mass is 79.9. The fourth-order valence-electron chi connectivity index (χ4n) is 1.55. The van der Waals surface area contributed by atoms with E-state index in [4.69, 9.17) is 4.74 Å². The molecule has 3 nitrogen and oxygen atoms in total. The Balaban J connectivity index is 2.16. The van der Waals surface area contributed by atoms with Gasteiger partial charge in [0.1, 0.15) is 6.04 Å². The largest absolute Gasteiger partial charge is 0.468 e. The van der Waals surface area contributed by atoms with Crippen LogP contribution < -0.4 is 5.32 Å². The first kappa shape index (κ1) is 10.1. The van der Waals surface area contributed by atoms with Crippen LogP contribution in [0.3, 0.4) is 0 Å². The van der Waals surface area contributed by atoms with E-state index in [0.29, 0.717) is 0 Å². The van der Waals surface area contributed by atoms with Crippen molar-refractivity contribution in [1.29, 1.82) is 0 Å². The van der Waals surface area contributed by atoms with Crippen molar-refractivity contribution in [1.82, 2.24) is 5.32 Å². The number of nitrogens with one attached hydrogen (secondary N) is 1. The lowest BCUT2D eigenvalue weighted by Crippen LogP contribution is -2.41. The van der Waals surface area contributed by atoms with Crippen LogP contribution in [-0.2, 0) is 22.5 Å². The summed E-state index contributed by atoms with van der Waals surface area (Å²) in [6, 6.07) is 1.92. The van der Waals surface area contributed by atoms with Crippen molar-refractivity contribution in [2.24, 2.45) is 0 Å². The number of carbonyl (C=O) groups is 1. The molecule has 1 unspecified atom stereocenters. The first-order valence-corrected chi connectivity index (χ1v) is 5.90. The zero-order valence-corrected chi connectivity index (χ0v) is 10.1. The van der Waals surface area contributed by atoms with Crippen LogP contribution in [0.25, 0.3) is 0 Å². The van der Waals surface area contributed by atoms with Gasteiger partial charge in [0.25, 0.3) is 0 Å². The third kappa shape index (κ3) is 1.85. The van der Waals surface area contributed by atoms with Crippen molar-refractivity contribution in [2.75, 3.05) is 7.11 Å². The van der Waals surface area contributed by atoms with Gasteiger partial charge < -0.3 is 4.74 Å². The van der Waals surface area contributed by atoms with Crippen molar-refractivity contribution >= 4 is 33.2 Å². The molecule has 14 heavy (non-hydrogen) atoms. The highest BCUT2D eigenvalue weighted by Gasteiger charge is 2.26. The average molecular weight is 276 g/mol. The van der Waals surface area contributed by atoms with Gasteiger partial charge in [-0.05, 0) is 27.6 Å². The van der Waals surface area contributed by atoms with Gasteiger partial charge in [0.05, 0.1) is 10.9 Å². The fraction of sp³-hybridized carbons (Fsp3) is 0.444. The molecule has 5 heteroatoms. The zero-order chi connectivity index (χ0) is 10.1. The molecule has 2 heterocycles. The maximum absolute atomic E-state index is 11.3. The second-order valence-corrected chi connectivity index (χ2v) is 5.68. The Morgan fingerprint density at radius 3 is 3.29 bits per heavy atom. The fourth-order valence-corrected chi connectivity index (χ4v) is 3.36. The summed E-state index contributed by atoms with van der Waals surface area (Å²) in [7, 11) is 1.42. The molecule has 0 aliphatic carbocycles. The van der Waals surface area contributed by atoms with Crippen molar-refractivity contribution in [3.8, 4) is 0 Å². The number of fused-ring (bicyclic) bond motifs is 1. The minimum absolute atomic E-state index is 0.180. The minimum Gasteiger partial charge on any atom is -0.468 e. The molecule has 76 valence electrons. The monoisotopic (exact) mass is 275 g/mol. The van der Waals surface area contributed by atoms with E-state index in [1.807, 2.05) is 0 Å². The van der Waals surface area contributed by atoms with Crippen LogP contribution in [-0.4, -0.2) is 19.1 Å². The molecule has 0 fully saturated rings. The van der Waals surface area contributed by atoms with E-state index in [2.05, 4.69) is 27.3 Å². The summed E-state index contributed by atoms with van der Waals surface area (Å²) < 4.78 is 5.82. The molecule has 0 radical (unpaired) electrons. The predicted molar refractivity (Wildman–Crippen MR) is 58.4 cm³/mol. The molecule has 1 atom stereocenters. The van der Waals surface area contributed by atoms with Crippen LogP contribution in [0.5, 0.6) is 0 Å². The summed E-state index contributed by atoms with van der Waals surface area (Å²) in [6.45, 7) is 0.747. The van der Waals surface area contributed by atoms with Gasteiger partial charge in [0.2, 0.25) is 0 Å². The number of thiophene rings is 1. The topological polar surface area (TPSA) is 38.3 Å². The maximum atomic E-state index is 11.3. The molecule has 1 aliphatic rings. The molecule has 0 spiro atoms. The van der Waals surface area contributed by atoms with Crippen molar-refractivity contribution in [3.05, 3.63) is 20.3 Å². The maximum Gasteiger partial charge on any atom is 0.323 e. The molecular formula is C9H10BrNO2S. The average Bonchev–Trinajstić information content (AvgIpc) is 2.55. The Hall–Kier alpha value is -0.390. The summed E-state index contributed by atoms with van der Waals surface area (Å²) in [5.41, 5.74) is 1.28. The van der Waals surface area contributed by atoms with E-state index in [9.17, 15) is 4.79 Å². The molecule has 0 aromatic carbocycles. The Bertz CT molecular complexity index is 364. The van der Waals surface area contributed by atoms with Gasteiger partial charge in [-0.3, -0.25) is 10.1 Å². The molecular weight excluding hydrogens is 266 g/mol. The lowest BCUT2D eigenvalue weighted by molar-refractivity contribution is -0.143. The van der Waals surface area contributed by atoms with Crippen LogP contribution >= 0.6 is 27.3 Å². The summed E-state index contributed by atoms with van der Waals surface area (Å²) in [5.74, 6) is -0.180. The Labute approximate surface area is 94.6 Å². The smallest absolute Gasteiger partial charge is 0.323 e. The van der Waals surface area contributed by atoms with Gasteiger partial charge >= 0.3 is 5.97 Å². The second-order valence-electron chi connectivity index (χ2n) is 3.16. The van der Waals surface area contributed by atoms with E-state index < -0.39 is 0 Å². The van der Waals surface area contributed by atoms with Crippen LogP contribution in [0.1, 0.15) is 10.4 Å². The van der Waals surface area contributed by atoms with Crippen LogP contribution in [0.4, 0.5) is 0 Å². The van der Waals surface area contributed by atoms with Gasteiger partial charge in [0, 0.05) is 17.8 Å². The van der Waals surface area contributed by atoms with E-state index in [-0.39, 0.29) is 12.0 Å². The normalized spacial score (nSPS) is 20.3. The molecule has 0 saturated heterocycles. The van der Waals surface area contributed by atoms with Gasteiger partial charge in [-0.25, -0.2) is 0 Å². The molecule has 0 saturated carbocycles. The Morgan fingerprint density at radius 2 is 2.57 bits per heavy atom. The molecule has 1 N–H and O–H groups in total. The number of hydrogen-bond acceptors (Lipinski definition) is 4. The first-order chi connectivity index (χ1) is 6.70. The van der Waals surface area contributed by atoms with E-state index in [1.165, 1.54) is 17.6 Å². The number of rotatable bonds is 1. The molecule has 1 aromatic rings. The lowest BCUT2D eigenvalue weighted by atomic mass is 10.1. The number of carbonyl (C=O) groups excluding carboxylic acids is 1. The number of methoxy groups -OCH3 is 1. The molecule has 1 aliphatic heterocycles. The Kier molecular flexibility index (Phi) is 2.90. The van der Waals surface area contributed by atoms with Crippen molar-refractivity contribution < 1.29 is 9.53 Å². The number of hydrogen-bond donors (Lipinski definition) is 1. The minimum atomic E-state index is -0.182. The first-order valence-electron chi connectivity index (χ1n) is 4.29. The van der Waals surface area contributed by atoms with Crippen molar-refractivity contribution in [3.63, 3.8) is 0 Å². The highest BCUT2D eigenvalue weighted by Crippen LogP contribution is 2.30. The summed E-state index contributed by atoms with van der Waals surface area (Å²) >= 11 is 5.13. The van der Waals surface area contributed by atoms with Crippen LogP contribution in [0.15, 0.2) is 9.85 Å². The second kappa shape index (κ2) is 4.00. The third-order valence-electron chi connectivity index (χ3n) is 2.28. The van der Waals surface area contributed by atoms with Gasteiger partial charge in [0.15, 0.2) is 0 Å². The van der Waals surface area contributed by atoms with Crippen LogP contribution in [0.2, 0.25) is 0 Å². The third-order valence-corrected chi connectivity index (χ3v) is 3.98. The summed E-state index contributed by atoms with van der Waals surface area (Å²) in [4.78, 5) is 12.6. The van der Waals surface area contributed by atoms with E-state index in [1.54, 1.807) is 11.3 Å². The van der Waals surface area contributed by atoms with Crippen LogP contribution in [0, 0.1) is 0 Å². The Morgan fingerprint density at radius 1 is 1.79 bits per heavy atom. The van der Waals surface area contributed by atoms with E-state index in [0.717, 1.165) is 16.8 Å². The highest BCUT2D eigenvalue weighted by molar-refractivity contribution is 9.11. The predicted octanol–water partition coefficient (Wildman–Crippen LogP) is 1.70. The number of esters is 1. The summed E-state index contributed by atoms with van der Waals surface area (Å²) in [5, 5.41) is 3.15. The standard InChI is InChI=1S/C9H10BrNO2S/c1-13-9(12)6-3-7-5(4-11-6)2-8(10)14-7/h2,6,11H,3-4H2,1H3. The van der Waals surface area contributed by atoms with Gasteiger partial charge in [-0.15, -0.1) is 11.3 Å². The van der Waals surface area contributed by atoms with Gasteiger partial charge in [-0.1, -0.05) is 0 Å². The zero-order valence-electron chi connectivity index (χ0n) is 7.67. The van der Waals surface area contributed by atoms with Crippen molar-refractivity contribution in [2.45, 2.75) is 19.0 Å². The molecule has 2 rings (SSSR count). The molecule has 1 aromatic heterocycles. The quantitative estimate of drug-likeness (QED) is 0.793. The number of ether oxygens (including phenoxy) is 1.